The first kappa shape index (κ1) is 25.1. The second-order valence-electron chi connectivity index (χ2n) is 2.68. The highest BCUT2D eigenvalue weighted by molar-refractivity contribution is 5.04. The van der Waals surface area contributed by atoms with Crippen molar-refractivity contribution in [2.45, 2.75) is 62.8 Å². The van der Waals surface area contributed by atoms with Crippen molar-refractivity contribution >= 4 is 0 Å². The number of ether oxygens (including phenoxy) is 1. The zero-order valence-electron chi connectivity index (χ0n) is 11.2. The molecule has 0 aliphatic carbocycles. The normalized spacial score (nSPS) is 7.47. The predicted molar refractivity (Wildman–Crippen MR) is 77.7 cm³/mol. The average Bonchev–Trinajstić information content (AvgIpc) is 2.62. The SMILES string of the molecule is C.C.CC.CCOC.CCc1nc(C)c(C)o1. The third-order valence-corrected chi connectivity index (χ3v) is 1.66. The highest BCUT2D eigenvalue weighted by Gasteiger charge is 2.00. The lowest BCUT2D eigenvalue weighted by Crippen LogP contribution is -1.77. The fourth-order valence-electron chi connectivity index (χ4n) is 0.690. The number of aromatic nitrogens is 1. The van der Waals surface area contributed by atoms with E-state index >= 15 is 0 Å². The molecule has 1 heterocycles. The molecule has 0 amide bonds. The summed E-state index contributed by atoms with van der Waals surface area (Å²) in [6.45, 7) is 12.7. The maximum Gasteiger partial charge on any atom is 0.194 e. The summed E-state index contributed by atoms with van der Waals surface area (Å²) in [5, 5.41) is 0. The molecular weight excluding hydrogens is 214 g/mol. The topological polar surface area (TPSA) is 35.3 Å². The summed E-state index contributed by atoms with van der Waals surface area (Å²) in [5.74, 6) is 1.77. The molecule has 0 aromatic carbocycles. The number of oxazole rings is 1. The highest BCUT2D eigenvalue weighted by Crippen LogP contribution is 2.07. The summed E-state index contributed by atoms with van der Waals surface area (Å²) < 4.78 is 9.79. The van der Waals surface area contributed by atoms with Crippen LogP contribution >= 0.6 is 0 Å². The van der Waals surface area contributed by atoms with Gasteiger partial charge in [-0.25, -0.2) is 4.98 Å². The van der Waals surface area contributed by atoms with Gasteiger partial charge < -0.3 is 9.15 Å². The van der Waals surface area contributed by atoms with E-state index in [0.29, 0.717) is 0 Å². The van der Waals surface area contributed by atoms with Crippen molar-refractivity contribution in [3.05, 3.63) is 17.3 Å². The van der Waals surface area contributed by atoms with Gasteiger partial charge in [0, 0.05) is 20.1 Å². The Balaban J connectivity index is -0.0000000925. The summed E-state index contributed by atoms with van der Waals surface area (Å²) in [6, 6.07) is 0. The molecule has 0 bridgehead atoms. The lowest BCUT2D eigenvalue weighted by atomic mass is 10.4. The zero-order valence-corrected chi connectivity index (χ0v) is 11.2. The fraction of sp³-hybridized carbons (Fsp3) is 0.786. The van der Waals surface area contributed by atoms with E-state index in [2.05, 4.69) is 9.72 Å². The van der Waals surface area contributed by atoms with E-state index in [-0.39, 0.29) is 14.9 Å². The molecule has 1 aromatic rings. The highest BCUT2D eigenvalue weighted by atomic mass is 16.5. The summed E-state index contributed by atoms with van der Waals surface area (Å²) in [4.78, 5) is 4.16. The van der Waals surface area contributed by atoms with Gasteiger partial charge in [0.15, 0.2) is 5.89 Å². The van der Waals surface area contributed by atoms with Crippen molar-refractivity contribution in [3.63, 3.8) is 0 Å². The van der Waals surface area contributed by atoms with Crippen LogP contribution in [0, 0.1) is 13.8 Å². The molecule has 0 saturated heterocycles. The second kappa shape index (κ2) is 17.6. The standard InChI is InChI=1S/C7H11NO.C3H8O.C2H6.2CH4/c1-4-7-8-5(2)6(3)9-7;1-3-4-2;1-2;;/h4H2,1-3H3;3H2,1-2H3;1-2H3;2*1H4. The van der Waals surface area contributed by atoms with E-state index < -0.39 is 0 Å². The monoisotopic (exact) mass is 247 g/mol. The van der Waals surface area contributed by atoms with Crippen molar-refractivity contribution in [2.24, 2.45) is 0 Å². The number of nitrogens with zero attached hydrogens (tertiary/aromatic N) is 1. The van der Waals surface area contributed by atoms with Crippen molar-refractivity contribution < 1.29 is 9.15 Å². The predicted octanol–water partition coefficient (Wildman–Crippen LogP) is 4.80. The quantitative estimate of drug-likeness (QED) is 0.752. The fourth-order valence-corrected chi connectivity index (χ4v) is 0.690. The van der Waals surface area contributed by atoms with Gasteiger partial charge in [0.2, 0.25) is 0 Å². The van der Waals surface area contributed by atoms with Gasteiger partial charge in [-0.05, 0) is 20.8 Å². The molecule has 0 radical (unpaired) electrons. The van der Waals surface area contributed by atoms with Gasteiger partial charge in [-0.15, -0.1) is 0 Å². The molecule has 0 atom stereocenters. The molecule has 1 rings (SSSR count). The van der Waals surface area contributed by atoms with Crippen molar-refractivity contribution in [1.29, 1.82) is 0 Å². The molecular formula is C14H33NO2. The van der Waals surface area contributed by atoms with E-state index in [1.165, 1.54) is 0 Å². The van der Waals surface area contributed by atoms with Crippen LogP contribution in [0.25, 0.3) is 0 Å². The molecule has 0 unspecified atom stereocenters. The molecule has 0 spiro atoms. The molecule has 0 saturated carbocycles. The van der Waals surface area contributed by atoms with Gasteiger partial charge in [-0.2, -0.15) is 0 Å². The molecule has 0 fully saturated rings. The van der Waals surface area contributed by atoms with E-state index in [4.69, 9.17) is 4.42 Å². The summed E-state index contributed by atoms with van der Waals surface area (Å²) >= 11 is 0. The number of aryl methyl sites for hydroxylation is 3. The van der Waals surface area contributed by atoms with Crippen LogP contribution in [0.2, 0.25) is 0 Å². The van der Waals surface area contributed by atoms with Crippen LogP contribution in [-0.2, 0) is 11.2 Å². The van der Waals surface area contributed by atoms with E-state index in [1.54, 1.807) is 7.11 Å². The maximum atomic E-state index is 5.25. The van der Waals surface area contributed by atoms with Crippen LogP contribution in [0.3, 0.4) is 0 Å². The van der Waals surface area contributed by atoms with Gasteiger partial charge in [0.05, 0.1) is 5.69 Å². The first-order valence-electron chi connectivity index (χ1n) is 5.57. The van der Waals surface area contributed by atoms with Crippen LogP contribution in [0.4, 0.5) is 0 Å². The third-order valence-electron chi connectivity index (χ3n) is 1.66. The summed E-state index contributed by atoms with van der Waals surface area (Å²) in [6.07, 6.45) is 0.884. The Labute approximate surface area is 109 Å². The molecule has 3 heteroatoms. The Kier molecular flexibility index (Phi) is 26.0. The average molecular weight is 247 g/mol. The molecule has 0 N–H and O–H groups in total. The minimum absolute atomic E-state index is 0. The Bertz CT molecular complexity index is 211. The van der Waals surface area contributed by atoms with Gasteiger partial charge in [-0.3, -0.25) is 0 Å². The van der Waals surface area contributed by atoms with Crippen LogP contribution < -0.4 is 0 Å². The lowest BCUT2D eigenvalue weighted by molar-refractivity contribution is 0.215. The largest absolute Gasteiger partial charge is 0.446 e. The van der Waals surface area contributed by atoms with Crippen molar-refractivity contribution in [1.82, 2.24) is 4.98 Å². The Morgan fingerprint density at radius 2 is 1.53 bits per heavy atom. The Hall–Kier alpha value is -0.830. The second-order valence-corrected chi connectivity index (χ2v) is 2.68. The smallest absolute Gasteiger partial charge is 0.194 e. The van der Waals surface area contributed by atoms with Crippen LogP contribution in [-0.4, -0.2) is 18.7 Å². The lowest BCUT2D eigenvalue weighted by Gasteiger charge is -1.80. The molecule has 1 aromatic heterocycles. The first-order chi connectivity index (χ1) is 7.15. The minimum Gasteiger partial charge on any atom is -0.446 e. The number of hydrogen-bond acceptors (Lipinski definition) is 3. The van der Waals surface area contributed by atoms with E-state index in [0.717, 1.165) is 30.4 Å². The van der Waals surface area contributed by atoms with Crippen LogP contribution in [0.5, 0.6) is 0 Å². The van der Waals surface area contributed by atoms with Crippen LogP contribution in [0.15, 0.2) is 4.42 Å². The Morgan fingerprint density at radius 3 is 1.65 bits per heavy atom. The molecule has 0 aliphatic rings. The van der Waals surface area contributed by atoms with E-state index in [9.17, 15) is 0 Å². The van der Waals surface area contributed by atoms with E-state index in [1.807, 2.05) is 41.5 Å². The number of hydrogen-bond donors (Lipinski definition) is 0. The van der Waals surface area contributed by atoms with Crippen molar-refractivity contribution in [3.8, 4) is 0 Å². The third kappa shape index (κ3) is 13.1. The molecule has 106 valence electrons. The summed E-state index contributed by atoms with van der Waals surface area (Å²) in [5.41, 5.74) is 1.01. The molecule has 17 heavy (non-hydrogen) atoms. The molecule has 0 aliphatic heterocycles. The number of rotatable bonds is 2. The van der Waals surface area contributed by atoms with Gasteiger partial charge in [-0.1, -0.05) is 35.6 Å². The summed E-state index contributed by atoms with van der Waals surface area (Å²) in [7, 11) is 1.68. The van der Waals surface area contributed by atoms with Crippen molar-refractivity contribution in [2.75, 3.05) is 13.7 Å². The van der Waals surface area contributed by atoms with Gasteiger partial charge >= 0.3 is 0 Å². The zero-order chi connectivity index (χ0) is 12.3. The van der Waals surface area contributed by atoms with Gasteiger partial charge in [0.1, 0.15) is 5.76 Å². The minimum atomic E-state index is 0. The first-order valence-corrected chi connectivity index (χ1v) is 5.57. The molecule has 3 nitrogen and oxygen atoms in total. The van der Waals surface area contributed by atoms with Gasteiger partial charge in [0.25, 0.3) is 0 Å². The van der Waals surface area contributed by atoms with Crippen LogP contribution in [0.1, 0.15) is 59.9 Å². The maximum absolute atomic E-state index is 5.25. The Morgan fingerprint density at radius 1 is 1.12 bits per heavy atom. The number of methoxy groups -OCH3 is 1.